The number of hydrogen-bond donors (Lipinski definition) is 0. The summed E-state index contributed by atoms with van der Waals surface area (Å²) in [6.07, 6.45) is 0. The number of aryl methyl sites for hydroxylation is 7. The molecule has 0 N–H and O–H groups in total. The summed E-state index contributed by atoms with van der Waals surface area (Å²) >= 11 is 33.6. The lowest BCUT2D eigenvalue weighted by Gasteiger charge is -2.07. The van der Waals surface area contributed by atoms with Crippen LogP contribution in [0.2, 0.25) is 25.1 Å². The van der Waals surface area contributed by atoms with Gasteiger partial charge in [0.25, 0.3) is 0 Å². The lowest BCUT2D eigenvalue weighted by molar-refractivity contribution is 0.415. The highest BCUT2D eigenvalue weighted by atomic mass is 35.5. The minimum absolute atomic E-state index is 0. The van der Waals surface area contributed by atoms with Crippen LogP contribution in [-0.2, 0) is 35.2 Å². The Morgan fingerprint density at radius 2 is 0.448 bits per heavy atom. The standard InChI is InChI=1S/C20H17ClN4O2.C19H15ClN4O.2C19H15ClN4.C18H12ClFN4.CH4/c1-25-20-16(18(24-25)13-5-4-6-15(11-13)27-3)17(21)19(22-23-20)12-7-9-14(26-2)10-8-12;1-24-19-15(17(23-24)13-9-6-10-14(11-13)25-2)16(20)18(21-22-19)12-7-4-3-5-8-12;1-12-7-6-10-14(11-12)17-15-16(20)18(13-8-4-3-5-9-13)21-22-19(15)24(2)23-17;1-12-7-6-10-14(11-12)18-16(20)15-17(13-8-4-3-5-9-13)23-24(2)19(15)22-21-18;1-24-18-14(16(23-24)12-7-9-13(20)10-8-12)15(19)17(21-22-18)11-5-3-2-4-6-11;/h4-11H,1-3H3;3-11H,1-2H3;2*3-11H,1-2H3;2-10H,1H3;1H4. The average Bonchev–Trinajstić information content (AvgIpc) is 1.69. The molecule has 0 spiro atoms. The van der Waals surface area contributed by atoms with Crippen molar-refractivity contribution in [3.63, 3.8) is 0 Å². The molecule has 125 heavy (non-hydrogen) atoms. The summed E-state index contributed by atoms with van der Waals surface area (Å²) in [6, 6.07) is 84.6. The molecule has 20 rings (SSSR count). The van der Waals surface area contributed by atoms with Crippen LogP contribution in [0.3, 0.4) is 0 Å². The topological polar surface area (TPSA) is 246 Å². The number of benzene rings is 10. The van der Waals surface area contributed by atoms with Crippen LogP contribution in [0.15, 0.2) is 267 Å². The summed E-state index contributed by atoms with van der Waals surface area (Å²) < 4.78 is 37.5. The first kappa shape index (κ1) is 85.7. The summed E-state index contributed by atoms with van der Waals surface area (Å²) in [6.45, 7) is 4.11. The van der Waals surface area contributed by atoms with E-state index in [0.29, 0.717) is 92.9 Å². The van der Waals surface area contributed by atoms with Crippen molar-refractivity contribution in [1.82, 2.24) is 99.9 Å². The van der Waals surface area contributed by atoms with Gasteiger partial charge >= 0.3 is 0 Å². The Kier molecular flexibility index (Phi) is 25.8. The number of ether oxygens (including phenoxy) is 3. The van der Waals surface area contributed by atoms with Crippen LogP contribution in [0.5, 0.6) is 17.2 Å². The molecule has 0 unspecified atom stereocenters. The van der Waals surface area contributed by atoms with Gasteiger partial charge in [-0.1, -0.05) is 259 Å². The Balaban J connectivity index is 0.000000121. The molecule has 10 aromatic carbocycles. The van der Waals surface area contributed by atoms with E-state index in [-0.39, 0.29) is 13.2 Å². The van der Waals surface area contributed by atoms with Crippen molar-refractivity contribution in [3.05, 3.63) is 309 Å². The zero-order valence-corrected chi connectivity index (χ0v) is 72.1. The van der Waals surface area contributed by atoms with Gasteiger partial charge in [0.1, 0.15) is 80.0 Å². The third-order valence-electron chi connectivity index (χ3n) is 20.4. The predicted octanol–water partition coefficient (Wildman–Crippen LogP) is 23.2. The molecule has 20 aromatic rings. The SMILES string of the molecule is C.COc1ccc(-c2nnc3c(c(-c4cccc(OC)c4)nn3C)c2Cl)cc1.COc1cccc(-c2nn(C)c3nnc(-c4ccccc4)c(Cl)c23)c1.Cc1cccc(-c2nn(C)c3nnc(-c4ccccc4)c(Cl)c23)c1.Cc1cccc(-c2nnc3c(c(-c4ccccc4)nn3C)c2Cl)c1.Cn1nc(-c2ccc(F)cc2)c2c(Cl)c(-c3ccccc3)nnc21. The van der Waals surface area contributed by atoms with Crippen molar-refractivity contribution in [2.24, 2.45) is 35.2 Å². The van der Waals surface area contributed by atoms with Crippen LogP contribution in [0.1, 0.15) is 18.6 Å². The van der Waals surface area contributed by atoms with Gasteiger partial charge in [0.2, 0.25) is 0 Å². The smallest absolute Gasteiger partial charge is 0.182 e. The first-order valence-corrected chi connectivity index (χ1v) is 40.6. The van der Waals surface area contributed by atoms with Gasteiger partial charge in [-0.3, -0.25) is 0 Å². The quantitative estimate of drug-likeness (QED) is 0.104. The van der Waals surface area contributed by atoms with Gasteiger partial charge in [0.05, 0.1) is 73.4 Å². The number of rotatable bonds is 13. The van der Waals surface area contributed by atoms with E-state index in [9.17, 15) is 4.39 Å². The number of nitrogens with zero attached hydrogens (tertiary/aromatic N) is 20. The fourth-order valence-corrected chi connectivity index (χ4v) is 15.9. The van der Waals surface area contributed by atoms with Crippen LogP contribution in [0, 0.1) is 19.7 Å². The Bertz CT molecular complexity index is 7300. The van der Waals surface area contributed by atoms with Gasteiger partial charge in [-0.05, 0) is 98.8 Å². The predicted molar refractivity (Wildman–Crippen MR) is 497 cm³/mol. The van der Waals surface area contributed by atoms with E-state index in [4.69, 9.17) is 72.2 Å². The molecule has 29 heteroatoms. The van der Waals surface area contributed by atoms with Crippen LogP contribution < -0.4 is 14.2 Å². The zero-order chi connectivity index (χ0) is 86.4. The second kappa shape index (κ2) is 37.6. The number of hydrogen-bond acceptors (Lipinski definition) is 18. The largest absolute Gasteiger partial charge is 0.497 e. The van der Waals surface area contributed by atoms with Crippen LogP contribution in [0.25, 0.3) is 168 Å². The van der Waals surface area contributed by atoms with Gasteiger partial charge in [0.15, 0.2) is 28.2 Å². The molecular formula is C96H78Cl5FN20O3. The minimum atomic E-state index is -0.296. The van der Waals surface area contributed by atoms with E-state index in [1.54, 1.807) is 63.9 Å². The van der Waals surface area contributed by atoms with Crippen molar-refractivity contribution >= 4 is 113 Å². The van der Waals surface area contributed by atoms with E-state index in [0.717, 1.165) is 123 Å². The lowest BCUT2D eigenvalue weighted by Crippen LogP contribution is -1.95. The van der Waals surface area contributed by atoms with Crippen LogP contribution >= 0.6 is 58.0 Å². The Hall–Kier alpha value is -14.3. The Labute approximate surface area is 743 Å². The van der Waals surface area contributed by atoms with Gasteiger partial charge in [-0.15, -0.1) is 51.0 Å². The molecule has 10 aromatic heterocycles. The lowest BCUT2D eigenvalue weighted by atomic mass is 10.1. The average molecular weight is 1760 g/mol. The Morgan fingerprint density at radius 1 is 0.232 bits per heavy atom. The summed E-state index contributed by atoms with van der Waals surface area (Å²) in [7, 11) is 14.0. The molecule has 0 bridgehead atoms. The van der Waals surface area contributed by atoms with Crippen molar-refractivity contribution in [2.75, 3.05) is 21.3 Å². The maximum absolute atomic E-state index is 13.2. The minimum Gasteiger partial charge on any atom is -0.497 e. The third kappa shape index (κ3) is 17.6. The van der Waals surface area contributed by atoms with E-state index < -0.39 is 0 Å². The first-order chi connectivity index (χ1) is 60.2. The van der Waals surface area contributed by atoms with Crippen LogP contribution in [0.4, 0.5) is 4.39 Å². The molecule has 0 amide bonds. The third-order valence-corrected chi connectivity index (χ3v) is 22.2. The molecule has 0 saturated carbocycles. The van der Waals surface area contributed by atoms with Gasteiger partial charge < -0.3 is 14.2 Å². The highest BCUT2D eigenvalue weighted by molar-refractivity contribution is 6.41. The fraction of sp³-hybridized carbons (Fsp3) is 0.115. The molecule has 0 atom stereocenters. The second-order valence-electron chi connectivity index (χ2n) is 28.6. The number of methoxy groups -OCH3 is 3. The highest BCUT2D eigenvalue weighted by Gasteiger charge is 2.27. The summed E-state index contributed by atoms with van der Waals surface area (Å²) in [5.41, 5.74) is 21.7. The molecule has 0 fully saturated rings. The van der Waals surface area contributed by atoms with E-state index in [2.05, 4.69) is 102 Å². The fourth-order valence-electron chi connectivity index (χ4n) is 14.3. The summed E-state index contributed by atoms with van der Waals surface area (Å²) in [5.74, 6) is 1.98. The Morgan fingerprint density at radius 3 is 0.728 bits per heavy atom. The molecule has 23 nitrogen and oxygen atoms in total. The van der Waals surface area contributed by atoms with E-state index >= 15 is 0 Å². The van der Waals surface area contributed by atoms with E-state index in [1.165, 1.54) is 17.7 Å². The highest BCUT2D eigenvalue weighted by Crippen LogP contribution is 2.44. The molecule has 0 aliphatic carbocycles. The number of aromatic nitrogens is 20. The van der Waals surface area contributed by atoms with Gasteiger partial charge in [-0.25, -0.2) is 27.8 Å². The van der Waals surface area contributed by atoms with Crippen molar-refractivity contribution in [3.8, 4) is 130 Å². The van der Waals surface area contributed by atoms with Crippen molar-refractivity contribution < 1.29 is 18.6 Å². The number of fused-ring (bicyclic) bond motifs is 5. The molecular weight excluding hydrogens is 1680 g/mol. The molecule has 0 aliphatic rings. The first-order valence-electron chi connectivity index (χ1n) is 38.8. The molecule has 0 saturated heterocycles. The maximum Gasteiger partial charge on any atom is 0.182 e. The molecule has 622 valence electrons. The summed E-state index contributed by atoms with van der Waals surface area (Å²) in [5, 5.41) is 72.8. The molecule has 10 heterocycles. The zero-order valence-electron chi connectivity index (χ0n) is 68.3. The maximum atomic E-state index is 13.2. The van der Waals surface area contributed by atoms with E-state index in [1.807, 2.05) is 260 Å². The van der Waals surface area contributed by atoms with Crippen molar-refractivity contribution in [2.45, 2.75) is 21.3 Å². The van der Waals surface area contributed by atoms with Gasteiger partial charge in [-0.2, -0.15) is 25.5 Å². The van der Waals surface area contributed by atoms with Crippen molar-refractivity contribution in [1.29, 1.82) is 0 Å². The second-order valence-corrected chi connectivity index (χ2v) is 30.5. The normalized spacial score (nSPS) is 11.0. The number of halogens is 6. The van der Waals surface area contributed by atoms with Crippen LogP contribution in [-0.4, -0.2) is 121 Å². The van der Waals surface area contributed by atoms with Gasteiger partial charge in [0, 0.05) is 90.9 Å². The molecule has 0 radical (unpaired) electrons. The summed E-state index contributed by atoms with van der Waals surface area (Å²) in [4.78, 5) is 0. The monoisotopic (exact) mass is 1750 g/mol. The molecule has 0 aliphatic heterocycles.